The zero-order valence-corrected chi connectivity index (χ0v) is 11.7. The van der Waals surface area contributed by atoms with Crippen LogP contribution in [0.25, 0.3) is 0 Å². The number of hydrogen-bond acceptors (Lipinski definition) is 4. The summed E-state index contributed by atoms with van der Waals surface area (Å²) in [5, 5.41) is 3.43. The van der Waals surface area contributed by atoms with Gasteiger partial charge < -0.3 is 14.8 Å². The fraction of sp³-hybridized carbons (Fsp3) is 0.636. The van der Waals surface area contributed by atoms with Crippen LogP contribution in [0.1, 0.15) is 11.3 Å². The van der Waals surface area contributed by atoms with Crippen LogP contribution in [0.2, 0.25) is 0 Å². The quantitative estimate of drug-likeness (QED) is 0.906. The van der Waals surface area contributed by atoms with Gasteiger partial charge in [0.05, 0.1) is 10.4 Å². The Bertz CT molecular complexity index is 336. The van der Waals surface area contributed by atoms with E-state index in [9.17, 15) is 0 Å². The fourth-order valence-corrected chi connectivity index (χ4v) is 3.27. The van der Waals surface area contributed by atoms with Crippen LogP contribution in [0, 0.1) is 0 Å². The molecule has 0 spiro atoms. The normalized spacial score (nSPS) is 25.1. The Hall–Kier alpha value is 0.0600. The van der Waals surface area contributed by atoms with Crippen molar-refractivity contribution in [3.05, 3.63) is 20.8 Å². The highest BCUT2D eigenvalue weighted by Gasteiger charge is 2.34. The summed E-state index contributed by atoms with van der Waals surface area (Å²) in [5.74, 6) is 0. The molecule has 1 aromatic heterocycles. The van der Waals surface area contributed by atoms with Crippen LogP contribution in [0.3, 0.4) is 0 Å². The molecule has 0 radical (unpaired) electrons. The van der Waals surface area contributed by atoms with Gasteiger partial charge >= 0.3 is 0 Å². The van der Waals surface area contributed by atoms with Gasteiger partial charge in [-0.1, -0.05) is 0 Å². The zero-order chi connectivity index (χ0) is 11.4. The van der Waals surface area contributed by atoms with Crippen molar-refractivity contribution < 1.29 is 9.47 Å². The molecule has 1 fully saturated rings. The Morgan fingerprint density at radius 2 is 2.50 bits per heavy atom. The van der Waals surface area contributed by atoms with Gasteiger partial charge in [0.2, 0.25) is 0 Å². The number of halogens is 1. The second kappa shape index (κ2) is 5.60. The van der Waals surface area contributed by atoms with Gasteiger partial charge in [-0.25, -0.2) is 0 Å². The number of rotatable bonds is 5. The minimum absolute atomic E-state index is 0.117. The van der Waals surface area contributed by atoms with Gasteiger partial charge in [0.15, 0.2) is 0 Å². The summed E-state index contributed by atoms with van der Waals surface area (Å²) in [7, 11) is 1.76. The van der Waals surface area contributed by atoms with Crippen molar-refractivity contribution in [3.63, 3.8) is 0 Å². The minimum Gasteiger partial charge on any atom is -0.378 e. The summed E-state index contributed by atoms with van der Waals surface area (Å²) in [4.78, 5) is 1.33. The van der Waals surface area contributed by atoms with Crippen LogP contribution >= 0.6 is 27.3 Å². The molecular weight excluding hydrogens is 290 g/mol. The first kappa shape index (κ1) is 12.5. The predicted octanol–water partition coefficient (Wildman–Crippen LogP) is 2.41. The van der Waals surface area contributed by atoms with Crippen LogP contribution in [-0.4, -0.2) is 32.5 Å². The molecule has 1 atom stereocenters. The van der Waals surface area contributed by atoms with Crippen LogP contribution in [-0.2, 0) is 16.0 Å². The van der Waals surface area contributed by atoms with E-state index in [1.165, 1.54) is 8.66 Å². The maximum Gasteiger partial charge on any atom is 0.106 e. The Kier molecular flexibility index (Phi) is 4.38. The summed E-state index contributed by atoms with van der Waals surface area (Å²) in [5.41, 5.74) is -0.117. The average molecular weight is 306 g/mol. The molecule has 5 heteroatoms. The van der Waals surface area contributed by atoms with E-state index in [4.69, 9.17) is 9.47 Å². The van der Waals surface area contributed by atoms with Crippen molar-refractivity contribution in [1.82, 2.24) is 5.32 Å². The van der Waals surface area contributed by atoms with E-state index < -0.39 is 0 Å². The maximum atomic E-state index is 5.55. The van der Waals surface area contributed by atoms with Crippen molar-refractivity contribution in [2.24, 2.45) is 0 Å². The summed E-state index contributed by atoms with van der Waals surface area (Å²) >= 11 is 5.22. The van der Waals surface area contributed by atoms with Gasteiger partial charge in [0.1, 0.15) is 5.60 Å². The molecule has 1 aliphatic heterocycles. The van der Waals surface area contributed by atoms with Crippen molar-refractivity contribution >= 4 is 27.3 Å². The first-order valence-electron chi connectivity index (χ1n) is 5.32. The number of hydrogen-bond donors (Lipinski definition) is 1. The van der Waals surface area contributed by atoms with Crippen molar-refractivity contribution in [2.45, 2.75) is 18.6 Å². The highest BCUT2D eigenvalue weighted by Crippen LogP contribution is 2.23. The number of thiophene rings is 1. The molecule has 1 saturated heterocycles. The van der Waals surface area contributed by atoms with Crippen molar-refractivity contribution in [1.29, 1.82) is 0 Å². The monoisotopic (exact) mass is 305 g/mol. The number of nitrogens with one attached hydrogen (secondary N) is 1. The molecule has 1 aliphatic rings. The second-order valence-corrected chi connectivity index (χ2v) is 6.55. The molecule has 2 rings (SSSR count). The van der Waals surface area contributed by atoms with Gasteiger partial charge in [-0.2, -0.15) is 0 Å². The van der Waals surface area contributed by atoms with E-state index in [-0.39, 0.29) is 5.60 Å². The molecule has 0 saturated carbocycles. The summed E-state index contributed by atoms with van der Waals surface area (Å²) in [6.45, 7) is 3.24. The number of methoxy groups -OCH3 is 1. The van der Waals surface area contributed by atoms with E-state index in [2.05, 4.69) is 33.4 Å². The van der Waals surface area contributed by atoms with E-state index >= 15 is 0 Å². The van der Waals surface area contributed by atoms with Crippen molar-refractivity contribution in [2.75, 3.05) is 26.9 Å². The first-order chi connectivity index (χ1) is 7.74. The molecule has 1 aromatic rings. The second-order valence-electron chi connectivity index (χ2n) is 4.00. The lowest BCUT2D eigenvalue weighted by Crippen LogP contribution is -2.42. The van der Waals surface area contributed by atoms with E-state index in [0.717, 1.165) is 26.1 Å². The molecular formula is C11H16BrNO2S. The lowest BCUT2D eigenvalue weighted by Gasteiger charge is -2.25. The average Bonchev–Trinajstić information content (AvgIpc) is 2.89. The molecule has 1 N–H and O–H groups in total. The lowest BCUT2D eigenvalue weighted by atomic mass is 10.0. The minimum atomic E-state index is -0.117. The van der Waals surface area contributed by atoms with Gasteiger partial charge in [0.25, 0.3) is 0 Å². The van der Waals surface area contributed by atoms with Gasteiger partial charge in [-0.05, 0) is 28.1 Å². The Labute approximate surface area is 108 Å². The predicted molar refractivity (Wildman–Crippen MR) is 68.9 cm³/mol. The third-order valence-corrected chi connectivity index (χ3v) is 4.50. The standard InChI is InChI=1S/C11H16BrNO2S/c1-14-11(4-5-15-8-11)7-13-6-9-2-3-10(12)16-9/h2-3,13H,4-8H2,1H3. The summed E-state index contributed by atoms with van der Waals surface area (Å²) < 4.78 is 12.1. The highest BCUT2D eigenvalue weighted by atomic mass is 79.9. The molecule has 0 bridgehead atoms. The molecule has 0 aliphatic carbocycles. The van der Waals surface area contributed by atoms with Crippen LogP contribution in [0.5, 0.6) is 0 Å². The third-order valence-electron chi connectivity index (χ3n) is 2.88. The molecule has 90 valence electrons. The molecule has 2 heterocycles. The highest BCUT2D eigenvalue weighted by molar-refractivity contribution is 9.11. The maximum absolute atomic E-state index is 5.55. The molecule has 16 heavy (non-hydrogen) atoms. The van der Waals surface area contributed by atoms with Crippen molar-refractivity contribution in [3.8, 4) is 0 Å². The van der Waals surface area contributed by atoms with Gasteiger partial charge in [-0.15, -0.1) is 11.3 Å². The van der Waals surface area contributed by atoms with E-state index in [0.29, 0.717) is 6.61 Å². The van der Waals surface area contributed by atoms with Gasteiger partial charge in [-0.3, -0.25) is 0 Å². The van der Waals surface area contributed by atoms with Crippen LogP contribution in [0.4, 0.5) is 0 Å². The van der Waals surface area contributed by atoms with E-state index in [1.54, 1.807) is 18.4 Å². The Balaban J connectivity index is 1.78. The molecule has 0 aromatic carbocycles. The lowest BCUT2D eigenvalue weighted by molar-refractivity contribution is -0.0158. The topological polar surface area (TPSA) is 30.5 Å². The van der Waals surface area contributed by atoms with Gasteiger partial charge in [0, 0.05) is 38.1 Å². The SMILES string of the molecule is COC1(CNCc2ccc(Br)s2)CCOC1. The van der Waals surface area contributed by atoms with Crippen LogP contribution < -0.4 is 5.32 Å². The molecule has 0 amide bonds. The molecule has 3 nitrogen and oxygen atoms in total. The third kappa shape index (κ3) is 3.05. The van der Waals surface area contributed by atoms with Crippen LogP contribution in [0.15, 0.2) is 15.9 Å². The van der Waals surface area contributed by atoms with E-state index in [1.807, 2.05) is 0 Å². The largest absolute Gasteiger partial charge is 0.378 e. The number of ether oxygens (including phenoxy) is 2. The smallest absolute Gasteiger partial charge is 0.106 e. The first-order valence-corrected chi connectivity index (χ1v) is 6.93. The summed E-state index contributed by atoms with van der Waals surface area (Å²) in [6.07, 6.45) is 0.977. The zero-order valence-electron chi connectivity index (χ0n) is 9.29. The molecule has 1 unspecified atom stereocenters. The summed E-state index contributed by atoms with van der Waals surface area (Å²) in [6, 6.07) is 4.21. The fourth-order valence-electron chi connectivity index (χ4n) is 1.82. The Morgan fingerprint density at radius 3 is 3.06 bits per heavy atom. The Morgan fingerprint density at radius 1 is 1.62 bits per heavy atom.